The number of nitrogens with one attached hydrogen (secondary N) is 1. The van der Waals surface area contributed by atoms with Crippen molar-refractivity contribution < 1.29 is 13.2 Å². The Morgan fingerprint density at radius 1 is 1.08 bits per heavy atom. The Bertz CT molecular complexity index is 1060. The third kappa shape index (κ3) is 3.74. The molecule has 1 heterocycles. The Kier molecular flexibility index (Phi) is 5.01. The zero-order valence-electron chi connectivity index (χ0n) is 14.5. The van der Waals surface area contributed by atoms with E-state index in [0.717, 1.165) is 16.5 Å². The first-order chi connectivity index (χ1) is 12.4. The van der Waals surface area contributed by atoms with Crippen LogP contribution in [-0.4, -0.2) is 38.3 Å². The average molecular weight is 369 g/mol. The maximum Gasteiger partial charge on any atom is 0.253 e. The minimum atomic E-state index is -3.75. The highest BCUT2D eigenvalue weighted by Gasteiger charge is 2.17. The summed E-state index contributed by atoms with van der Waals surface area (Å²) in [5.41, 5.74) is 1.97. The predicted octanol–water partition coefficient (Wildman–Crippen LogP) is 2.42. The molecular formula is C19H19N3O3S. The largest absolute Gasteiger partial charge is 0.345 e. The van der Waals surface area contributed by atoms with E-state index in [1.807, 2.05) is 24.3 Å². The molecule has 3 aromatic rings. The van der Waals surface area contributed by atoms with Crippen LogP contribution < -0.4 is 4.72 Å². The lowest BCUT2D eigenvalue weighted by molar-refractivity contribution is 0.0827. The van der Waals surface area contributed by atoms with Crippen LogP contribution in [0.15, 0.2) is 65.7 Å². The number of benzene rings is 2. The highest BCUT2D eigenvalue weighted by Crippen LogP contribution is 2.18. The number of rotatable bonds is 5. The lowest BCUT2D eigenvalue weighted by atomic mass is 10.1. The molecular weight excluding hydrogens is 350 g/mol. The summed E-state index contributed by atoms with van der Waals surface area (Å²) in [5, 5.41) is 0.897. The van der Waals surface area contributed by atoms with Crippen LogP contribution >= 0.6 is 0 Å². The van der Waals surface area contributed by atoms with E-state index in [2.05, 4.69) is 9.71 Å². The van der Waals surface area contributed by atoms with Crippen LogP contribution in [0, 0.1) is 0 Å². The minimum absolute atomic E-state index is 0.0589. The van der Waals surface area contributed by atoms with Crippen LogP contribution in [0.3, 0.4) is 0 Å². The maximum absolute atomic E-state index is 12.6. The number of carbonyl (C=O) groups is 1. The van der Waals surface area contributed by atoms with Crippen LogP contribution in [0.25, 0.3) is 10.9 Å². The molecule has 0 bridgehead atoms. The van der Waals surface area contributed by atoms with E-state index in [-0.39, 0.29) is 17.3 Å². The number of nitrogens with zero attached hydrogens (tertiary/aromatic N) is 2. The lowest BCUT2D eigenvalue weighted by Crippen LogP contribution is -2.25. The van der Waals surface area contributed by atoms with Gasteiger partial charge in [-0.05, 0) is 35.9 Å². The Morgan fingerprint density at radius 2 is 1.85 bits per heavy atom. The van der Waals surface area contributed by atoms with Crippen molar-refractivity contribution in [2.75, 3.05) is 14.1 Å². The predicted molar refractivity (Wildman–Crippen MR) is 100 cm³/mol. The van der Waals surface area contributed by atoms with Gasteiger partial charge in [0.15, 0.2) is 0 Å². The second kappa shape index (κ2) is 7.23. The summed E-state index contributed by atoms with van der Waals surface area (Å²) in [6.45, 7) is 0.136. The molecule has 1 N–H and O–H groups in total. The molecule has 0 aliphatic rings. The molecule has 26 heavy (non-hydrogen) atoms. The van der Waals surface area contributed by atoms with Gasteiger partial charge in [0.25, 0.3) is 5.91 Å². The fourth-order valence-corrected chi connectivity index (χ4v) is 3.67. The number of amides is 1. The van der Waals surface area contributed by atoms with Crippen molar-refractivity contribution >= 4 is 26.8 Å². The number of pyridine rings is 1. The number of aromatic nitrogens is 1. The molecule has 7 heteroatoms. The molecule has 0 unspecified atom stereocenters. The van der Waals surface area contributed by atoms with Gasteiger partial charge in [0.05, 0.1) is 10.4 Å². The Labute approximate surface area is 152 Å². The standard InChI is InChI=1S/C19H19N3O3S/c1-22(2)19(23)14-6-5-7-16(12-14)26(24,25)21-13-15-10-11-20-18-9-4-3-8-17(15)18/h3-12,21H,13H2,1-2H3. The SMILES string of the molecule is CN(C)C(=O)c1cccc(S(=O)(=O)NCc2ccnc3ccccc23)c1. The van der Waals surface area contributed by atoms with E-state index in [0.29, 0.717) is 5.56 Å². The molecule has 0 radical (unpaired) electrons. The third-order valence-corrected chi connectivity index (χ3v) is 5.39. The molecule has 0 aliphatic heterocycles. The summed E-state index contributed by atoms with van der Waals surface area (Å²) in [6.07, 6.45) is 1.66. The Balaban J connectivity index is 1.85. The first-order valence-corrected chi connectivity index (χ1v) is 9.51. The van der Waals surface area contributed by atoms with Gasteiger partial charge in [-0.25, -0.2) is 13.1 Å². The topological polar surface area (TPSA) is 79.4 Å². The molecule has 0 saturated carbocycles. The first kappa shape index (κ1) is 18.0. The quantitative estimate of drug-likeness (QED) is 0.749. The van der Waals surface area contributed by atoms with Crippen LogP contribution in [0.5, 0.6) is 0 Å². The molecule has 6 nitrogen and oxygen atoms in total. The summed E-state index contributed by atoms with van der Waals surface area (Å²) in [4.78, 5) is 17.8. The van der Waals surface area contributed by atoms with Gasteiger partial charge < -0.3 is 4.90 Å². The van der Waals surface area contributed by atoms with Gasteiger partial charge in [0, 0.05) is 37.8 Å². The highest BCUT2D eigenvalue weighted by atomic mass is 32.2. The zero-order chi connectivity index (χ0) is 18.7. The number of para-hydroxylation sites is 1. The molecule has 0 fully saturated rings. The van der Waals surface area contributed by atoms with Gasteiger partial charge in [0.1, 0.15) is 0 Å². The van der Waals surface area contributed by atoms with Gasteiger partial charge in [-0.3, -0.25) is 9.78 Å². The van der Waals surface area contributed by atoms with Crippen molar-refractivity contribution in [3.8, 4) is 0 Å². The lowest BCUT2D eigenvalue weighted by Gasteiger charge is -2.12. The fourth-order valence-electron chi connectivity index (χ4n) is 2.62. The Hall–Kier alpha value is -2.77. The van der Waals surface area contributed by atoms with E-state index in [1.54, 1.807) is 38.5 Å². The molecule has 134 valence electrons. The number of hydrogen-bond donors (Lipinski definition) is 1. The molecule has 2 aromatic carbocycles. The molecule has 1 aromatic heterocycles. The smallest absolute Gasteiger partial charge is 0.253 e. The number of fused-ring (bicyclic) bond motifs is 1. The van der Waals surface area contributed by atoms with Gasteiger partial charge in [-0.2, -0.15) is 0 Å². The van der Waals surface area contributed by atoms with E-state index in [1.165, 1.54) is 17.0 Å². The number of sulfonamides is 1. The van der Waals surface area contributed by atoms with Crippen LogP contribution in [0.4, 0.5) is 0 Å². The van der Waals surface area contributed by atoms with Crippen molar-refractivity contribution in [1.29, 1.82) is 0 Å². The monoisotopic (exact) mass is 369 g/mol. The van der Waals surface area contributed by atoms with Gasteiger partial charge >= 0.3 is 0 Å². The summed E-state index contributed by atoms with van der Waals surface area (Å²) in [5.74, 6) is -0.248. The molecule has 0 saturated heterocycles. The fraction of sp³-hybridized carbons (Fsp3) is 0.158. The summed E-state index contributed by atoms with van der Waals surface area (Å²) in [7, 11) is -0.507. The Morgan fingerprint density at radius 3 is 2.62 bits per heavy atom. The number of hydrogen-bond acceptors (Lipinski definition) is 4. The van der Waals surface area contributed by atoms with Crippen molar-refractivity contribution in [2.45, 2.75) is 11.4 Å². The van der Waals surface area contributed by atoms with E-state index in [4.69, 9.17) is 0 Å². The van der Waals surface area contributed by atoms with Gasteiger partial charge in [0.2, 0.25) is 10.0 Å². The molecule has 0 aliphatic carbocycles. The van der Waals surface area contributed by atoms with Crippen LogP contribution in [0.1, 0.15) is 15.9 Å². The van der Waals surface area contributed by atoms with Crippen molar-refractivity contribution in [3.63, 3.8) is 0 Å². The summed E-state index contributed by atoms with van der Waals surface area (Å²) in [6, 6.07) is 15.4. The highest BCUT2D eigenvalue weighted by molar-refractivity contribution is 7.89. The average Bonchev–Trinajstić information content (AvgIpc) is 2.65. The normalized spacial score (nSPS) is 11.5. The third-order valence-electron chi connectivity index (χ3n) is 3.99. The van der Waals surface area contributed by atoms with Crippen LogP contribution in [-0.2, 0) is 16.6 Å². The van der Waals surface area contributed by atoms with Gasteiger partial charge in [-0.15, -0.1) is 0 Å². The van der Waals surface area contributed by atoms with Crippen molar-refractivity contribution in [1.82, 2.24) is 14.6 Å². The summed E-state index contributed by atoms with van der Waals surface area (Å²) >= 11 is 0. The molecule has 0 spiro atoms. The minimum Gasteiger partial charge on any atom is -0.345 e. The van der Waals surface area contributed by atoms with E-state index in [9.17, 15) is 13.2 Å². The van der Waals surface area contributed by atoms with Crippen LogP contribution in [0.2, 0.25) is 0 Å². The number of carbonyl (C=O) groups excluding carboxylic acids is 1. The second-order valence-corrected chi connectivity index (χ2v) is 7.81. The molecule has 1 amide bonds. The van der Waals surface area contributed by atoms with Crippen molar-refractivity contribution in [3.05, 3.63) is 71.9 Å². The van der Waals surface area contributed by atoms with E-state index >= 15 is 0 Å². The first-order valence-electron chi connectivity index (χ1n) is 8.02. The zero-order valence-corrected chi connectivity index (χ0v) is 15.3. The second-order valence-electron chi connectivity index (χ2n) is 6.04. The van der Waals surface area contributed by atoms with Gasteiger partial charge in [-0.1, -0.05) is 24.3 Å². The molecule has 3 rings (SSSR count). The van der Waals surface area contributed by atoms with E-state index < -0.39 is 10.0 Å². The summed E-state index contributed by atoms with van der Waals surface area (Å²) < 4.78 is 27.9. The maximum atomic E-state index is 12.6. The van der Waals surface area contributed by atoms with Crippen molar-refractivity contribution in [2.24, 2.45) is 0 Å². The molecule has 0 atom stereocenters.